The van der Waals surface area contributed by atoms with Gasteiger partial charge in [0.1, 0.15) is 5.75 Å². The lowest BCUT2D eigenvalue weighted by Crippen LogP contribution is -2.38. The number of carbonyl (C=O) groups is 1. The number of aryl methyl sites for hydroxylation is 1. The number of nitrogens with zero attached hydrogens (tertiary/aromatic N) is 1. The highest BCUT2D eigenvalue weighted by atomic mass is 16.5. The van der Waals surface area contributed by atoms with Gasteiger partial charge < -0.3 is 15.0 Å². The van der Waals surface area contributed by atoms with Crippen LogP contribution in [0.3, 0.4) is 0 Å². The van der Waals surface area contributed by atoms with Crippen molar-refractivity contribution in [1.82, 2.24) is 10.2 Å². The summed E-state index contributed by atoms with van der Waals surface area (Å²) in [5, 5.41) is 3.00. The Labute approximate surface area is 146 Å². The van der Waals surface area contributed by atoms with E-state index in [1.54, 1.807) is 0 Å². The molecule has 4 heteroatoms. The van der Waals surface area contributed by atoms with Gasteiger partial charge in [-0.3, -0.25) is 4.79 Å². The van der Waals surface area contributed by atoms with Gasteiger partial charge in [-0.1, -0.05) is 26.0 Å². The highest BCUT2D eigenvalue weighted by Crippen LogP contribution is 2.28. The van der Waals surface area contributed by atoms with Gasteiger partial charge in [0.25, 0.3) is 5.91 Å². The zero-order chi connectivity index (χ0) is 17.5. The summed E-state index contributed by atoms with van der Waals surface area (Å²) in [5.74, 6) is 1.16. The first-order chi connectivity index (χ1) is 11.5. The molecule has 1 amide bonds. The molecule has 2 rings (SSSR count). The van der Waals surface area contributed by atoms with E-state index in [4.69, 9.17) is 4.74 Å². The van der Waals surface area contributed by atoms with E-state index in [9.17, 15) is 4.79 Å². The Bertz CT molecular complexity index is 536. The number of rotatable bonds is 8. The highest BCUT2D eigenvalue weighted by molar-refractivity contribution is 5.80. The van der Waals surface area contributed by atoms with Crippen molar-refractivity contribution in [1.29, 1.82) is 0 Å². The summed E-state index contributed by atoms with van der Waals surface area (Å²) < 4.78 is 5.96. The van der Waals surface area contributed by atoms with Crippen LogP contribution in [-0.2, 0) is 4.79 Å². The van der Waals surface area contributed by atoms with Crippen LogP contribution in [0.15, 0.2) is 18.2 Å². The normalized spacial score (nSPS) is 16.4. The van der Waals surface area contributed by atoms with Gasteiger partial charge in [0.05, 0.1) is 0 Å². The van der Waals surface area contributed by atoms with Gasteiger partial charge in [0.2, 0.25) is 0 Å². The maximum absolute atomic E-state index is 12.3. The van der Waals surface area contributed by atoms with Gasteiger partial charge >= 0.3 is 0 Å². The maximum Gasteiger partial charge on any atom is 0.260 e. The molecule has 0 bridgehead atoms. The van der Waals surface area contributed by atoms with E-state index in [-0.39, 0.29) is 5.91 Å². The number of likely N-dealkylation sites (tertiary alicyclic amines) is 1. The predicted molar refractivity (Wildman–Crippen MR) is 98.7 cm³/mol. The fraction of sp³-hybridized carbons (Fsp3) is 0.650. The zero-order valence-electron chi connectivity index (χ0n) is 15.6. The third kappa shape index (κ3) is 5.52. The van der Waals surface area contributed by atoms with Crippen LogP contribution in [0.5, 0.6) is 5.75 Å². The van der Waals surface area contributed by atoms with Crippen molar-refractivity contribution in [2.24, 2.45) is 0 Å². The Kier molecular flexibility index (Phi) is 7.10. The number of benzene rings is 1. The molecular weight excluding hydrogens is 300 g/mol. The van der Waals surface area contributed by atoms with Crippen LogP contribution in [0.25, 0.3) is 0 Å². The Morgan fingerprint density at radius 1 is 1.25 bits per heavy atom. The fourth-order valence-corrected chi connectivity index (χ4v) is 3.13. The lowest BCUT2D eigenvalue weighted by Gasteiger charge is -2.20. The van der Waals surface area contributed by atoms with Crippen LogP contribution >= 0.6 is 0 Å². The highest BCUT2D eigenvalue weighted by Gasteiger charge is 2.17. The number of amides is 1. The lowest BCUT2D eigenvalue weighted by molar-refractivity contribution is -0.127. The molecule has 0 aromatic heterocycles. The summed E-state index contributed by atoms with van der Waals surface area (Å²) in [6, 6.07) is 6.20. The summed E-state index contributed by atoms with van der Waals surface area (Å²) in [7, 11) is 0. The van der Waals surface area contributed by atoms with Gasteiger partial charge in [-0.2, -0.15) is 0 Å². The average Bonchev–Trinajstić information content (AvgIpc) is 3.04. The van der Waals surface area contributed by atoms with Crippen molar-refractivity contribution in [3.05, 3.63) is 29.3 Å². The second kappa shape index (κ2) is 9.07. The van der Waals surface area contributed by atoms with Crippen molar-refractivity contribution in [2.45, 2.75) is 59.0 Å². The van der Waals surface area contributed by atoms with E-state index in [1.165, 1.54) is 25.9 Å². The Hall–Kier alpha value is -1.55. The Balaban J connectivity index is 1.79. The van der Waals surface area contributed by atoms with Crippen molar-refractivity contribution >= 4 is 5.91 Å². The molecule has 1 aliphatic heterocycles. The second-order valence-electron chi connectivity index (χ2n) is 7.15. The monoisotopic (exact) mass is 332 g/mol. The minimum Gasteiger partial charge on any atom is -0.481 e. The molecule has 24 heavy (non-hydrogen) atoms. The van der Waals surface area contributed by atoms with E-state index >= 15 is 0 Å². The topological polar surface area (TPSA) is 41.6 Å². The van der Waals surface area contributed by atoms with Gasteiger partial charge in [0, 0.05) is 6.54 Å². The van der Waals surface area contributed by atoms with E-state index in [0.717, 1.165) is 29.8 Å². The molecule has 1 heterocycles. The molecule has 4 nitrogen and oxygen atoms in total. The molecule has 0 radical (unpaired) electrons. The van der Waals surface area contributed by atoms with E-state index in [0.29, 0.717) is 12.5 Å². The van der Waals surface area contributed by atoms with Gasteiger partial charge in [-0.05, 0) is 75.9 Å². The zero-order valence-corrected chi connectivity index (χ0v) is 15.6. The van der Waals surface area contributed by atoms with Crippen molar-refractivity contribution < 1.29 is 9.53 Å². The number of hydrogen-bond donors (Lipinski definition) is 1. The van der Waals surface area contributed by atoms with Gasteiger partial charge in [-0.15, -0.1) is 0 Å². The molecule has 1 fully saturated rings. The number of ether oxygens (including phenoxy) is 1. The molecule has 134 valence electrons. The Morgan fingerprint density at radius 2 is 1.96 bits per heavy atom. The van der Waals surface area contributed by atoms with Crippen molar-refractivity contribution in [3.8, 4) is 5.75 Å². The average molecular weight is 332 g/mol. The summed E-state index contributed by atoms with van der Waals surface area (Å²) in [5.41, 5.74) is 2.29. The minimum absolute atomic E-state index is 0.0346. The molecule has 1 aromatic rings. The van der Waals surface area contributed by atoms with E-state index < -0.39 is 6.10 Å². The molecule has 1 aliphatic rings. The first-order valence-electron chi connectivity index (χ1n) is 9.24. The molecule has 0 saturated carbocycles. The first kappa shape index (κ1) is 18.8. The van der Waals surface area contributed by atoms with Crippen LogP contribution < -0.4 is 10.1 Å². The molecule has 1 aromatic carbocycles. The maximum atomic E-state index is 12.3. The molecule has 0 spiro atoms. The van der Waals surface area contributed by atoms with E-state index in [2.05, 4.69) is 36.2 Å². The second-order valence-corrected chi connectivity index (χ2v) is 7.15. The van der Waals surface area contributed by atoms with Crippen LogP contribution in [0.1, 0.15) is 57.1 Å². The Morgan fingerprint density at radius 3 is 2.62 bits per heavy atom. The summed E-state index contributed by atoms with van der Waals surface area (Å²) in [4.78, 5) is 14.7. The number of nitrogens with one attached hydrogen (secondary N) is 1. The van der Waals surface area contributed by atoms with E-state index in [1.807, 2.05) is 19.9 Å². The smallest absolute Gasteiger partial charge is 0.260 e. The molecule has 1 N–H and O–H groups in total. The van der Waals surface area contributed by atoms with Crippen molar-refractivity contribution in [3.63, 3.8) is 0 Å². The largest absolute Gasteiger partial charge is 0.481 e. The molecule has 0 aliphatic carbocycles. The molecule has 1 saturated heterocycles. The molecule has 0 unspecified atom stereocenters. The first-order valence-corrected chi connectivity index (χ1v) is 9.24. The standard InChI is InChI=1S/C20H32N2O2/c1-15(2)18-9-8-16(3)14-19(18)24-17(4)20(23)21-10-7-13-22-11-5-6-12-22/h8-9,14-15,17H,5-7,10-13H2,1-4H3,(H,21,23)/t17-/m0/s1. The van der Waals surface area contributed by atoms with Crippen LogP contribution in [0.2, 0.25) is 0 Å². The fourth-order valence-electron chi connectivity index (χ4n) is 3.13. The summed E-state index contributed by atoms with van der Waals surface area (Å²) in [6.45, 7) is 12.3. The number of carbonyl (C=O) groups excluding carboxylic acids is 1. The summed E-state index contributed by atoms with van der Waals surface area (Å²) in [6.07, 6.45) is 3.15. The molecular formula is C20H32N2O2. The van der Waals surface area contributed by atoms with Crippen LogP contribution in [0, 0.1) is 6.92 Å². The number of hydrogen-bond acceptors (Lipinski definition) is 3. The van der Waals surface area contributed by atoms with Gasteiger partial charge in [-0.25, -0.2) is 0 Å². The van der Waals surface area contributed by atoms with Gasteiger partial charge in [0.15, 0.2) is 6.10 Å². The SMILES string of the molecule is Cc1ccc(C(C)C)c(O[C@@H](C)C(=O)NCCCN2CCCC2)c1. The third-order valence-electron chi connectivity index (χ3n) is 4.61. The van der Waals surface area contributed by atoms with Crippen LogP contribution in [0.4, 0.5) is 0 Å². The molecule has 1 atom stereocenters. The third-order valence-corrected chi connectivity index (χ3v) is 4.61. The minimum atomic E-state index is -0.476. The lowest BCUT2D eigenvalue weighted by atomic mass is 10.0. The quantitative estimate of drug-likeness (QED) is 0.741. The summed E-state index contributed by atoms with van der Waals surface area (Å²) >= 11 is 0. The predicted octanol–water partition coefficient (Wildman–Crippen LogP) is 3.49. The van der Waals surface area contributed by atoms with Crippen molar-refractivity contribution in [2.75, 3.05) is 26.2 Å². The van der Waals surface area contributed by atoms with Crippen LogP contribution in [-0.4, -0.2) is 43.1 Å².